The van der Waals surface area contributed by atoms with Crippen LogP contribution in [-0.4, -0.2) is 67.2 Å². The van der Waals surface area contributed by atoms with Crippen LogP contribution in [0.15, 0.2) is 46.4 Å². The van der Waals surface area contributed by atoms with Crippen LogP contribution in [0.1, 0.15) is 5.56 Å². The van der Waals surface area contributed by atoms with Crippen LogP contribution in [-0.2, 0) is 34.8 Å². The molecular formula is C23H29N3O8. The van der Waals surface area contributed by atoms with E-state index in [0.29, 0.717) is 17.9 Å². The normalized spacial score (nSPS) is 17.9. The third kappa shape index (κ3) is 6.41. The van der Waals surface area contributed by atoms with Crippen molar-refractivity contribution in [3.8, 4) is 11.5 Å². The number of hydrogen-bond acceptors (Lipinski definition) is 11. The first-order valence-corrected chi connectivity index (χ1v) is 10.8. The third-order valence-electron chi connectivity index (χ3n) is 5.06. The number of fused-ring (bicyclic) bond motifs is 3. The predicted molar refractivity (Wildman–Crippen MR) is 119 cm³/mol. The Morgan fingerprint density at radius 1 is 0.765 bits per heavy atom. The SMILES string of the molecule is COCOCOCOc1cc2c(cc1OCOCOCOC)NC1N=c3ccccc3=NC1C2. The molecule has 34 heavy (non-hydrogen) atoms. The Bertz CT molecular complexity index is 969. The van der Waals surface area contributed by atoms with Gasteiger partial charge in [0, 0.05) is 32.4 Å². The van der Waals surface area contributed by atoms with E-state index in [0.717, 1.165) is 22.0 Å². The number of rotatable bonds is 14. The van der Waals surface area contributed by atoms with Gasteiger partial charge >= 0.3 is 0 Å². The Balaban J connectivity index is 1.46. The molecule has 0 bridgehead atoms. The molecule has 0 spiro atoms. The molecule has 11 nitrogen and oxygen atoms in total. The zero-order chi connectivity index (χ0) is 23.6. The fourth-order valence-corrected chi connectivity index (χ4v) is 3.60. The highest BCUT2D eigenvalue weighted by molar-refractivity contribution is 5.63. The van der Waals surface area contributed by atoms with Crippen LogP contribution in [0.25, 0.3) is 0 Å². The van der Waals surface area contributed by atoms with Gasteiger partial charge in [0.25, 0.3) is 0 Å². The Morgan fingerprint density at radius 3 is 2.00 bits per heavy atom. The minimum absolute atomic E-state index is 0.0121. The van der Waals surface area contributed by atoms with Gasteiger partial charge in [0.2, 0.25) is 0 Å². The van der Waals surface area contributed by atoms with Gasteiger partial charge < -0.3 is 43.2 Å². The van der Waals surface area contributed by atoms with E-state index in [9.17, 15) is 0 Å². The van der Waals surface area contributed by atoms with Crippen molar-refractivity contribution in [3.63, 3.8) is 0 Å². The summed E-state index contributed by atoms with van der Waals surface area (Å²) in [4.78, 5) is 9.72. The van der Waals surface area contributed by atoms with Crippen LogP contribution in [0.2, 0.25) is 0 Å². The highest BCUT2D eigenvalue weighted by Crippen LogP contribution is 2.38. The molecule has 2 aliphatic rings. The highest BCUT2D eigenvalue weighted by atomic mass is 16.8. The Hall–Kier alpha value is -2.80. The van der Waals surface area contributed by atoms with E-state index in [2.05, 4.69) is 5.32 Å². The number of hydrogen-bond donors (Lipinski definition) is 1. The van der Waals surface area contributed by atoms with Crippen LogP contribution in [0.5, 0.6) is 11.5 Å². The first-order valence-electron chi connectivity index (χ1n) is 10.8. The van der Waals surface area contributed by atoms with E-state index >= 15 is 0 Å². The molecule has 0 amide bonds. The molecule has 0 saturated carbocycles. The molecule has 1 N–H and O–H groups in total. The van der Waals surface area contributed by atoms with Crippen LogP contribution >= 0.6 is 0 Å². The molecule has 2 heterocycles. The minimum Gasteiger partial charge on any atom is -0.464 e. The summed E-state index contributed by atoms with van der Waals surface area (Å²) in [6.07, 6.45) is 0.558. The van der Waals surface area contributed by atoms with Gasteiger partial charge in [0.15, 0.2) is 38.7 Å². The van der Waals surface area contributed by atoms with Gasteiger partial charge in [-0.05, 0) is 23.8 Å². The van der Waals surface area contributed by atoms with Crippen molar-refractivity contribution >= 4 is 5.69 Å². The second kappa shape index (κ2) is 12.6. The lowest BCUT2D eigenvalue weighted by atomic mass is 9.96. The molecule has 0 fully saturated rings. The summed E-state index contributed by atoms with van der Waals surface area (Å²) >= 11 is 0. The molecule has 0 saturated heterocycles. The van der Waals surface area contributed by atoms with Gasteiger partial charge in [0.05, 0.1) is 16.8 Å². The summed E-state index contributed by atoms with van der Waals surface area (Å²) in [6, 6.07) is 11.7. The molecule has 0 aromatic heterocycles. The molecule has 2 aliphatic heterocycles. The van der Waals surface area contributed by atoms with Crippen molar-refractivity contribution in [2.24, 2.45) is 9.98 Å². The van der Waals surface area contributed by atoms with E-state index in [1.165, 1.54) is 7.11 Å². The monoisotopic (exact) mass is 475 g/mol. The van der Waals surface area contributed by atoms with Gasteiger partial charge in [-0.25, -0.2) is 0 Å². The molecule has 184 valence electrons. The highest BCUT2D eigenvalue weighted by Gasteiger charge is 2.30. The van der Waals surface area contributed by atoms with Crippen molar-refractivity contribution in [1.29, 1.82) is 0 Å². The second-order valence-electron chi connectivity index (χ2n) is 7.45. The Labute approximate surface area is 197 Å². The number of nitrogens with zero attached hydrogens (tertiary/aromatic N) is 2. The van der Waals surface area contributed by atoms with E-state index in [4.69, 9.17) is 47.9 Å². The molecule has 2 aromatic carbocycles. The fraction of sp³-hybridized carbons (Fsp3) is 0.478. The molecule has 0 radical (unpaired) electrons. The summed E-state index contributed by atoms with van der Waals surface area (Å²) in [6.45, 7) is 0.303. The maximum absolute atomic E-state index is 5.81. The lowest BCUT2D eigenvalue weighted by molar-refractivity contribution is -0.148. The fourth-order valence-electron chi connectivity index (χ4n) is 3.60. The zero-order valence-corrected chi connectivity index (χ0v) is 19.2. The van der Waals surface area contributed by atoms with Crippen LogP contribution in [0.4, 0.5) is 5.69 Å². The van der Waals surface area contributed by atoms with Crippen molar-refractivity contribution < 1.29 is 37.9 Å². The maximum atomic E-state index is 5.81. The molecule has 2 aromatic rings. The van der Waals surface area contributed by atoms with Crippen molar-refractivity contribution in [2.75, 3.05) is 60.3 Å². The number of nitrogens with one attached hydrogen (secondary N) is 1. The second-order valence-corrected chi connectivity index (χ2v) is 7.45. The number of para-hydroxylation sites is 2. The number of benzene rings is 2. The first kappa shape index (κ1) is 24.3. The smallest absolute Gasteiger partial charge is 0.191 e. The van der Waals surface area contributed by atoms with Crippen LogP contribution < -0.4 is 25.5 Å². The summed E-state index contributed by atoms with van der Waals surface area (Å²) in [7, 11) is 3.08. The first-order chi connectivity index (χ1) is 16.8. The maximum Gasteiger partial charge on any atom is 0.191 e. The van der Waals surface area contributed by atoms with Crippen molar-refractivity contribution in [3.05, 3.63) is 52.7 Å². The zero-order valence-electron chi connectivity index (χ0n) is 19.2. The van der Waals surface area contributed by atoms with Gasteiger partial charge in [0.1, 0.15) is 19.8 Å². The van der Waals surface area contributed by atoms with Gasteiger partial charge in [-0.1, -0.05) is 12.1 Å². The lowest BCUT2D eigenvalue weighted by Crippen LogP contribution is -2.45. The molecular weight excluding hydrogens is 446 g/mol. The quantitative estimate of drug-likeness (QED) is 0.318. The van der Waals surface area contributed by atoms with Crippen molar-refractivity contribution in [2.45, 2.75) is 18.6 Å². The molecule has 2 atom stereocenters. The topological polar surface area (TPSA) is 111 Å². The van der Waals surface area contributed by atoms with E-state index in [1.54, 1.807) is 7.11 Å². The van der Waals surface area contributed by atoms with E-state index in [-0.39, 0.29) is 53.0 Å². The van der Waals surface area contributed by atoms with E-state index in [1.807, 2.05) is 36.4 Å². The minimum atomic E-state index is -0.151. The number of anilines is 1. The summed E-state index contributed by atoms with van der Waals surface area (Å²) in [5, 5.41) is 5.26. The summed E-state index contributed by atoms with van der Waals surface area (Å²) in [5.74, 6) is 1.01. The molecule has 0 aliphatic carbocycles. The number of ether oxygens (including phenoxy) is 8. The predicted octanol–water partition coefficient (Wildman–Crippen LogP) is 1.16. The van der Waals surface area contributed by atoms with Gasteiger partial charge in [-0.2, -0.15) is 0 Å². The standard InChI is InChI=1S/C23H29N3O8/c1-27-10-29-12-31-14-33-21-8-16-7-20-23(25-18-6-4-3-5-17(18)24-20)26-19(16)9-22(21)34-15-32-13-30-11-28-2/h3-6,8-9,20,23,26H,7,10-15H2,1-2H3. The average molecular weight is 475 g/mol. The largest absolute Gasteiger partial charge is 0.464 e. The van der Waals surface area contributed by atoms with Gasteiger partial charge in [-0.15, -0.1) is 0 Å². The van der Waals surface area contributed by atoms with Crippen LogP contribution in [0.3, 0.4) is 0 Å². The molecule has 2 unspecified atom stereocenters. The Morgan fingerprint density at radius 2 is 1.35 bits per heavy atom. The van der Waals surface area contributed by atoms with Crippen molar-refractivity contribution in [1.82, 2.24) is 0 Å². The third-order valence-corrected chi connectivity index (χ3v) is 5.06. The van der Waals surface area contributed by atoms with Gasteiger partial charge in [-0.3, -0.25) is 9.98 Å². The Kier molecular flexibility index (Phi) is 9.02. The van der Waals surface area contributed by atoms with Crippen LogP contribution in [0, 0.1) is 0 Å². The van der Waals surface area contributed by atoms with E-state index < -0.39 is 0 Å². The number of methoxy groups -OCH3 is 2. The average Bonchev–Trinajstić information content (AvgIpc) is 2.85. The molecule has 4 rings (SSSR count). The molecule has 11 heteroatoms. The summed E-state index contributed by atoms with van der Waals surface area (Å²) < 4.78 is 42.1. The summed E-state index contributed by atoms with van der Waals surface area (Å²) in [5.41, 5.74) is 1.95. The lowest BCUT2D eigenvalue weighted by Gasteiger charge is -2.32.